The van der Waals surface area contributed by atoms with Crippen LogP contribution in [0.3, 0.4) is 0 Å². The highest BCUT2D eigenvalue weighted by Crippen LogP contribution is 2.34. The highest BCUT2D eigenvalue weighted by molar-refractivity contribution is 7.99. The Kier molecular flexibility index (Phi) is 7.86. The number of nitrogens with one attached hydrogen (secondary N) is 1. The molecule has 1 heterocycles. The van der Waals surface area contributed by atoms with Gasteiger partial charge in [-0.1, -0.05) is 30.0 Å². The number of hydrazone groups is 1. The summed E-state index contributed by atoms with van der Waals surface area (Å²) < 4.78 is 12.7. The Balaban J connectivity index is 1.55. The zero-order valence-corrected chi connectivity index (χ0v) is 20.8. The van der Waals surface area contributed by atoms with E-state index < -0.39 is 0 Å². The molecule has 9 nitrogen and oxygen atoms in total. The monoisotopic (exact) mass is 503 g/mol. The SMILES string of the molecule is COc1ccc(-c2nnc(SCC(=O)N/N=C(/C)c3ccc(O)cc3)n2-c2ccccc2)cc1OC. The van der Waals surface area contributed by atoms with Gasteiger partial charge in [0.2, 0.25) is 0 Å². The second-order valence-electron chi connectivity index (χ2n) is 7.61. The van der Waals surface area contributed by atoms with Gasteiger partial charge in [-0.3, -0.25) is 9.36 Å². The van der Waals surface area contributed by atoms with Gasteiger partial charge < -0.3 is 14.6 Å². The van der Waals surface area contributed by atoms with Gasteiger partial charge in [-0.05, 0) is 67.1 Å². The lowest BCUT2D eigenvalue weighted by Gasteiger charge is -2.12. The maximum absolute atomic E-state index is 12.5. The van der Waals surface area contributed by atoms with Gasteiger partial charge in [-0.15, -0.1) is 10.2 Å². The third-order valence-corrected chi connectivity index (χ3v) is 6.18. The van der Waals surface area contributed by atoms with E-state index in [0.29, 0.717) is 28.2 Å². The lowest BCUT2D eigenvalue weighted by Crippen LogP contribution is -2.21. The normalized spacial score (nSPS) is 11.2. The first kappa shape index (κ1) is 24.8. The lowest BCUT2D eigenvalue weighted by molar-refractivity contribution is -0.118. The van der Waals surface area contributed by atoms with Crippen LogP contribution in [0.15, 0.2) is 83.1 Å². The van der Waals surface area contributed by atoms with E-state index in [1.54, 1.807) is 45.4 Å². The van der Waals surface area contributed by atoms with Crippen molar-refractivity contribution in [3.05, 3.63) is 78.4 Å². The smallest absolute Gasteiger partial charge is 0.250 e. The molecular formula is C26H25N5O4S. The van der Waals surface area contributed by atoms with Gasteiger partial charge in [-0.2, -0.15) is 5.10 Å². The topological polar surface area (TPSA) is 111 Å². The fourth-order valence-corrected chi connectivity index (χ4v) is 4.16. The number of methoxy groups -OCH3 is 2. The molecule has 0 unspecified atom stereocenters. The van der Waals surface area contributed by atoms with Crippen molar-refractivity contribution in [1.29, 1.82) is 0 Å². The van der Waals surface area contributed by atoms with Crippen molar-refractivity contribution in [2.24, 2.45) is 5.10 Å². The molecule has 3 aromatic carbocycles. The third kappa shape index (κ3) is 5.66. The number of phenols is 1. The second-order valence-corrected chi connectivity index (χ2v) is 8.56. The Bertz CT molecular complexity index is 1370. The Morgan fingerprint density at radius 3 is 2.42 bits per heavy atom. The number of carbonyl (C=O) groups excluding carboxylic acids is 1. The maximum Gasteiger partial charge on any atom is 0.250 e. The van der Waals surface area contributed by atoms with Crippen LogP contribution in [0.25, 0.3) is 17.1 Å². The predicted molar refractivity (Wildman–Crippen MR) is 139 cm³/mol. The number of aromatic hydroxyl groups is 1. The lowest BCUT2D eigenvalue weighted by atomic mass is 10.1. The fourth-order valence-electron chi connectivity index (χ4n) is 3.41. The summed E-state index contributed by atoms with van der Waals surface area (Å²) in [4.78, 5) is 12.5. The second kappa shape index (κ2) is 11.4. The first-order chi connectivity index (χ1) is 17.5. The zero-order valence-electron chi connectivity index (χ0n) is 20.0. The van der Waals surface area contributed by atoms with Crippen molar-refractivity contribution < 1.29 is 19.4 Å². The standard InChI is InChI=1S/C26H25N5O4S/c1-17(18-9-12-21(32)13-10-18)27-28-24(33)16-36-26-30-29-25(31(26)20-7-5-4-6-8-20)19-11-14-22(34-2)23(15-19)35-3/h4-15,32H,16H2,1-3H3,(H,28,33)/b27-17-. The zero-order chi connectivity index (χ0) is 25.5. The number of hydrogen-bond donors (Lipinski definition) is 2. The van der Waals surface area contributed by atoms with Gasteiger partial charge in [0.1, 0.15) is 5.75 Å². The molecule has 1 amide bonds. The first-order valence-corrected chi connectivity index (χ1v) is 12.0. The minimum Gasteiger partial charge on any atom is -0.508 e. The van der Waals surface area contributed by atoms with E-state index in [1.165, 1.54) is 11.8 Å². The highest BCUT2D eigenvalue weighted by atomic mass is 32.2. The average Bonchev–Trinajstić information content (AvgIpc) is 3.35. The summed E-state index contributed by atoms with van der Waals surface area (Å²) in [5, 5.41) is 22.9. The molecule has 0 bridgehead atoms. The Morgan fingerprint density at radius 2 is 1.72 bits per heavy atom. The number of thioether (sulfide) groups is 1. The van der Waals surface area contributed by atoms with E-state index in [4.69, 9.17) is 9.47 Å². The molecular weight excluding hydrogens is 478 g/mol. The summed E-state index contributed by atoms with van der Waals surface area (Å²) in [7, 11) is 3.16. The summed E-state index contributed by atoms with van der Waals surface area (Å²) in [6.45, 7) is 1.78. The van der Waals surface area contributed by atoms with E-state index in [0.717, 1.165) is 16.8 Å². The number of amides is 1. The molecule has 0 fully saturated rings. The van der Waals surface area contributed by atoms with Crippen LogP contribution in [0.1, 0.15) is 12.5 Å². The summed E-state index contributed by atoms with van der Waals surface area (Å²) in [5.74, 6) is 1.76. The van der Waals surface area contributed by atoms with Crippen molar-refractivity contribution >= 4 is 23.4 Å². The summed E-state index contributed by atoms with van der Waals surface area (Å²) in [6.07, 6.45) is 0. The quantitative estimate of drug-likeness (QED) is 0.199. The molecule has 0 spiro atoms. The minimum absolute atomic E-state index is 0.0866. The Hall–Kier alpha value is -4.31. The first-order valence-electron chi connectivity index (χ1n) is 11.0. The number of ether oxygens (including phenoxy) is 2. The molecule has 0 aliphatic carbocycles. The number of para-hydroxylation sites is 1. The number of rotatable bonds is 9. The minimum atomic E-state index is -0.284. The molecule has 4 aromatic rings. The van der Waals surface area contributed by atoms with E-state index in [2.05, 4.69) is 20.7 Å². The van der Waals surface area contributed by atoms with Crippen LogP contribution in [-0.4, -0.2) is 51.5 Å². The molecule has 0 saturated carbocycles. The van der Waals surface area contributed by atoms with E-state index >= 15 is 0 Å². The summed E-state index contributed by atoms with van der Waals surface area (Å²) >= 11 is 1.25. The van der Waals surface area contributed by atoms with Crippen LogP contribution in [-0.2, 0) is 4.79 Å². The molecule has 0 saturated heterocycles. The van der Waals surface area contributed by atoms with Gasteiger partial charge in [0.25, 0.3) is 5.91 Å². The molecule has 10 heteroatoms. The van der Waals surface area contributed by atoms with Crippen LogP contribution < -0.4 is 14.9 Å². The molecule has 2 N–H and O–H groups in total. The summed E-state index contributed by atoms with van der Waals surface area (Å²) in [6, 6.07) is 21.8. The van der Waals surface area contributed by atoms with Crippen LogP contribution in [0.2, 0.25) is 0 Å². The van der Waals surface area contributed by atoms with Crippen LogP contribution in [0, 0.1) is 0 Å². The highest BCUT2D eigenvalue weighted by Gasteiger charge is 2.18. The van der Waals surface area contributed by atoms with E-state index in [-0.39, 0.29) is 17.4 Å². The number of nitrogens with zero attached hydrogens (tertiary/aromatic N) is 4. The number of hydrogen-bond acceptors (Lipinski definition) is 8. The Morgan fingerprint density at radius 1 is 1.00 bits per heavy atom. The van der Waals surface area contributed by atoms with Crippen molar-refractivity contribution in [2.45, 2.75) is 12.1 Å². The number of phenolic OH excluding ortho intramolecular Hbond substituents is 1. The van der Waals surface area contributed by atoms with Crippen molar-refractivity contribution in [3.8, 4) is 34.3 Å². The molecule has 184 valence electrons. The van der Waals surface area contributed by atoms with Gasteiger partial charge in [0, 0.05) is 11.3 Å². The van der Waals surface area contributed by atoms with Crippen LogP contribution in [0.4, 0.5) is 0 Å². The Labute approximate surface area is 212 Å². The van der Waals surface area contributed by atoms with Crippen molar-refractivity contribution in [3.63, 3.8) is 0 Å². The molecule has 0 atom stereocenters. The van der Waals surface area contributed by atoms with Gasteiger partial charge in [-0.25, -0.2) is 5.43 Å². The van der Waals surface area contributed by atoms with Gasteiger partial charge in [0.05, 0.1) is 25.7 Å². The van der Waals surface area contributed by atoms with Gasteiger partial charge in [0.15, 0.2) is 22.5 Å². The van der Waals surface area contributed by atoms with E-state index in [9.17, 15) is 9.90 Å². The van der Waals surface area contributed by atoms with Gasteiger partial charge >= 0.3 is 0 Å². The van der Waals surface area contributed by atoms with Crippen LogP contribution in [0.5, 0.6) is 17.2 Å². The molecule has 0 aliphatic rings. The van der Waals surface area contributed by atoms with Crippen molar-refractivity contribution in [2.75, 3.05) is 20.0 Å². The van der Waals surface area contributed by atoms with E-state index in [1.807, 2.05) is 53.1 Å². The summed E-state index contributed by atoms with van der Waals surface area (Å²) in [5.41, 5.74) is 5.63. The largest absolute Gasteiger partial charge is 0.508 e. The molecule has 36 heavy (non-hydrogen) atoms. The average molecular weight is 504 g/mol. The third-order valence-electron chi connectivity index (χ3n) is 5.26. The predicted octanol–water partition coefficient (Wildman–Crippen LogP) is 4.29. The number of aromatic nitrogens is 3. The maximum atomic E-state index is 12.5. The molecule has 0 radical (unpaired) electrons. The molecule has 4 rings (SSSR count). The fraction of sp³-hybridized carbons (Fsp3) is 0.154. The van der Waals surface area contributed by atoms with Crippen molar-refractivity contribution in [1.82, 2.24) is 20.2 Å². The molecule has 1 aromatic heterocycles. The molecule has 0 aliphatic heterocycles. The number of carbonyl (C=O) groups is 1. The number of benzene rings is 3. The van der Waals surface area contributed by atoms with Crippen LogP contribution >= 0.6 is 11.8 Å².